The zero-order valence-corrected chi connectivity index (χ0v) is 21.4. The summed E-state index contributed by atoms with van der Waals surface area (Å²) >= 11 is 6.31. The fourth-order valence-corrected chi connectivity index (χ4v) is 4.63. The average Bonchev–Trinajstić information content (AvgIpc) is 3.41. The van der Waals surface area contributed by atoms with Gasteiger partial charge in [-0.05, 0) is 54.4 Å². The van der Waals surface area contributed by atoms with Crippen molar-refractivity contribution >= 4 is 28.4 Å². The second-order valence-corrected chi connectivity index (χ2v) is 9.29. The molecule has 5 rings (SSSR count). The molecule has 0 aliphatic heterocycles. The van der Waals surface area contributed by atoms with Crippen molar-refractivity contribution in [3.8, 4) is 5.69 Å². The molecule has 2 heterocycles. The van der Waals surface area contributed by atoms with Gasteiger partial charge < -0.3 is 10.3 Å². The molecule has 3 aromatic carbocycles. The molecule has 0 fully saturated rings. The van der Waals surface area contributed by atoms with Crippen molar-refractivity contribution in [1.29, 1.82) is 0 Å². The van der Waals surface area contributed by atoms with Crippen molar-refractivity contribution < 1.29 is 22.4 Å². The van der Waals surface area contributed by atoms with E-state index in [-0.39, 0.29) is 39.5 Å². The van der Waals surface area contributed by atoms with Crippen LogP contribution in [-0.2, 0) is 0 Å². The molecule has 1 amide bonds. The van der Waals surface area contributed by atoms with Gasteiger partial charge in [-0.2, -0.15) is 0 Å². The summed E-state index contributed by atoms with van der Waals surface area (Å²) in [7, 11) is 0. The molecule has 40 heavy (non-hydrogen) atoms. The number of benzene rings is 3. The van der Waals surface area contributed by atoms with Crippen LogP contribution in [0.2, 0.25) is 5.02 Å². The van der Waals surface area contributed by atoms with Gasteiger partial charge in [-0.1, -0.05) is 29.8 Å². The van der Waals surface area contributed by atoms with Crippen molar-refractivity contribution in [2.24, 2.45) is 0 Å². The molecule has 204 valence electrons. The Morgan fingerprint density at radius 1 is 1.12 bits per heavy atom. The van der Waals surface area contributed by atoms with E-state index in [1.165, 1.54) is 48.5 Å². The zero-order valence-electron chi connectivity index (χ0n) is 20.6. The highest BCUT2D eigenvalue weighted by Crippen LogP contribution is 2.27. The van der Waals surface area contributed by atoms with Gasteiger partial charge in [0.05, 0.1) is 27.6 Å². The predicted molar refractivity (Wildman–Crippen MR) is 139 cm³/mol. The van der Waals surface area contributed by atoms with E-state index in [4.69, 9.17) is 11.6 Å². The van der Waals surface area contributed by atoms with Gasteiger partial charge in [0.2, 0.25) is 5.82 Å². The maximum Gasteiger partial charge on any atom is 0.297 e. The molecule has 0 unspecified atom stereocenters. The number of nitrogens with zero attached hydrogens (tertiary/aromatic N) is 4. The van der Waals surface area contributed by atoms with E-state index in [0.29, 0.717) is 11.1 Å². The first-order valence-electron chi connectivity index (χ1n) is 11.8. The Bertz CT molecular complexity index is 1810. The first kappa shape index (κ1) is 27.0. The number of amides is 1. The third-order valence-corrected chi connectivity index (χ3v) is 6.64. The summed E-state index contributed by atoms with van der Waals surface area (Å²) in [5.41, 5.74) is 0.399. The fourth-order valence-electron chi connectivity index (χ4n) is 4.37. The lowest BCUT2D eigenvalue weighted by atomic mass is 9.97. The Labute approximate surface area is 228 Å². The summed E-state index contributed by atoms with van der Waals surface area (Å²) < 4.78 is 56.2. The van der Waals surface area contributed by atoms with Crippen molar-refractivity contribution in [3.05, 3.63) is 116 Å². The van der Waals surface area contributed by atoms with Crippen LogP contribution in [0.5, 0.6) is 0 Å². The van der Waals surface area contributed by atoms with Crippen LogP contribution >= 0.6 is 11.6 Å². The Morgan fingerprint density at radius 3 is 2.65 bits per heavy atom. The molecule has 8 nitrogen and oxygen atoms in total. The van der Waals surface area contributed by atoms with Gasteiger partial charge in [0.1, 0.15) is 29.3 Å². The number of H-pyrrole nitrogens is 1. The lowest BCUT2D eigenvalue weighted by Crippen LogP contribution is -2.31. The minimum absolute atomic E-state index is 0.0153. The molecule has 0 aliphatic carbocycles. The zero-order chi connectivity index (χ0) is 28.6. The minimum atomic E-state index is -2.88. The molecule has 0 radical (unpaired) electrons. The number of aromatic amines is 1. The van der Waals surface area contributed by atoms with Crippen molar-refractivity contribution in [1.82, 2.24) is 30.0 Å². The van der Waals surface area contributed by atoms with Crippen LogP contribution in [0.4, 0.5) is 17.6 Å². The molecule has 0 aliphatic rings. The van der Waals surface area contributed by atoms with Gasteiger partial charge in [-0.3, -0.25) is 14.2 Å². The number of rotatable bonds is 7. The lowest BCUT2D eigenvalue weighted by molar-refractivity contribution is 0.0952. The van der Waals surface area contributed by atoms with Gasteiger partial charge in [0.25, 0.3) is 17.9 Å². The van der Waals surface area contributed by atoms with Crippen LogP contribution in [0.1, 0.15) is 45.5 Å². The number of aromatic nitrogens is 5. The molecule has 0 bridgehead atoms. The van der Waals surface area contributed by atoms with Crippen LogP contribution in [0.3, 0.4) is 0 Å². The minimum Gasteiger partial charge on any atom is -0.351 e. The van der Waals surface area contributed by atoms with Crippen LogP contribution in [0, 0.1) is 18.6 Å². The van der Waals surface area contributed by atoms with E-state index >= 15 is 0 Å². The second kappa shape index (κ2) is 10.9. The monoisotopic (exact) mass is 570 g/mol. The van der Waals surface area contributed by atoms with Crippen molar-refractivity contribution in [2.45, 2.75) is 19.3 Å². The van der Waals surface area contributed by atoms with Gasteiger partial charge in [-0.25, -0.2) is 22.5 Å². The van der Waals surface area contributed by atoms with E-state index in [2.05, 4.69) is 25.5 Å². The quantitative estimate of drug-likeness (QED) is 0.260. The second-order valence-electron chi connectivity index (χ2n) is 8.88. The molecule has 13 heteroatoms. The first-order chi connectivity index (χ1) is 19.1. The molecular formula is C27H19ClF4N6O2. The average molecular weight is 571 g/mol. The third-order valence-electron chi connectivity index (χ3n) is 6.33. The van der Waals surface area contributed by atoms with E-state index in [0.717, 1.165) is 10.9 Å². The van der Waals surface area contributed by atoms with Crippen LogP contribution in [-0.4, -0.2) is 37.2 Å². The topological polar surface area (TPSA) is 106 Å². The molecule has 0 spiro atoms. The fraction of sp³-hybridized carbons (Fsp3) is 0.148. The standard InChI is InChI=1S/C27H19ClF4N6O2/c1-13-5-8-20(30)22-21(13)27(40)36-24(35-22)18(14-3-2-4-15(29)9-14)11-33-26(39)17-7-6-16(10-19(17)28)38-12-34-37-25(38)23(31)32/h2-10,12,18,23H,11H2,1H3,(H,33,39)(H,35,36,40)/t18-/m0/s1. The summed E-state index contributed by atoms with van der Waals surface area (Å²) in [5.74, 6) is -3.35. The Morgan fingerprint density at radius 2 is 1.93 bits per heavy atom. The smallest absolute Gasteiger partial charge is 0.297 e. The maximum atomic E-state index is 14.6. The lowest BCUT2D eigenvalue weighted by Gasteiger charge is -2.19. The molecule has 0 saturated heterocycles. The molecule has 2 aromatic heterocycles. The summed E-state index contributed by atoms with van der Waals surface area (Å²) in [6, 6.07) is 12.2. The maximum absolute atomic E-state index is 14.6. The molecule has 1 atom stereocenters. The number of fused-ring (bicyclic) bond motifs is 1. The van der Waals surface area contributed by atoms with Gasteiger partial charge in [0, 0.05) is 6.54 Å². The van der Waals surface area contributed by atoms with Crippen molar-refractivity contribution in [2.75, 3.05) is 6.54 Å². The largest absolute Gasteiger partial charge is 0.351 e. The number of carbonyl (C=O) groups is 1. The number of hydrogen-bond acceptors (Lipinski definition) is 5. The van der Waals surface area contributed by atoms with E-state index < -0.39 is 41.3 Å². The molecule has 0 saturated carbocycles. The number of hydrogen-bond donors (Lipinski definition) is 2. The van der Waals surface area contributed by atoms with Crippen molar-refractivity contribution in [3.63, 3.8) is 0 Å². The van der Waals surface area contributed by atoms with Gasteiger partial charge in [-0.15, -0.1) is 10.2 Å². The van der Waals surface area contributed by atoms with Crippen LogP contribution in [0.25, 0.3) is 16.6 Å². The summed E-state index contributed by atoms with van der Waals surface area (Å²) in [6.07, 6.45) is -1.78. The Hall–Kier alpha value is -4.58. The molecule has 2 N–H and O–H groups in total. The predicted octanol–water partition coefficient (Wildman–Crippen LogP) is 5.24. The first-order valence-corrected chi connectivity index (χ1v) is 12.2. The number of alkyl halides is 2. The van der Waals surface area contributed by atoms with Crippen LogP contribution < -0.4 is 10.9 Å². The molecule has 5 aromatic rings. The Kier molecular flexibility index (Phi) is 7.35. The van der Waals surface area contributed by atoms with Gasteiger partial charge >= 0.3 is 0 Å². The third kappa shape index (κ3) is 5.17. The summed E-state index contributed by atoms with van der Waals surface area (Å²) in [6.45, 7) is 1.47. The summed E-state index contributed by atoms with van der Waals surface area (Å²) in [5, 5.41) is 9.59. The molecular weight excluding hydrogens is 552 g/mol. The summed E-state index contributed by atoms with van der Waals surface area (Å²) in [4.78, 5) is 32.9. The van der Waals surface area contributed by atoms with Crippen LogP contribution in [0.15, 0.2) is 65.7 Å². The highest BCUT2D eigenvalue weighted by molar-refractivity contribution is 6.34. The van der Waals surface area contributed by atoms with E-state index in [1.54, 1.807) is 13.0 Å². The van der Waals surface area contributed by atoms with E-state index in [9.17, 15) is 27.2 Å². The number of carbonyl (C=O) groups excluding carboxylic acids is 1. The normalized spacial score (nSPS) is 12.2. The number of nitrogens with one attached hydrogen (secondary N) is 2. The van der Waals surface area contributed by atoms with Gasteiger partial charge in [0.15, 0.2) is 0 Å². The number of aryl methyl sites for hydroxylation is 1. The highest BCUT2D eigenvalue weighted by atomic mass is 35.5. The van der Waals surface area contributed by atoms with E-state index in [1.807, 2.05) is 0 Å². The number of halogens is 5. The highest BCUT2D eigenvalue weighted by Gasteiger charge is 2.23. The Balaban J connectivity index is 1.47. The SMILES string of the molecule is Cc1ccc(F)c2nc([C@@H](CNC(=O)c3ccc(-n4cnnc4C(F)F)cc3Cl)c3cccc(F)c3)[nH]c(=O)c12.